The molecule has 1 fully saturated rings. The van der Waals surface area contributed by atoms with Crippen LogP contribution >= 0.6 is 27.2 Å². The number of phosphoric ester groups is 1. The molecule has 6 unspecified atom stereocenters. The lowest BCUT2D eigenvalue weighted by Crippen LogP contribution is -2.36. The number of aliphatic hydroxyl groups excluding tert-OH is 2. The van der Waals surface area contributed by atoms with Gasteiger partial charge < -0.3 is 24.7 Å². The minimum absolute atomic E-state index is 0.433. The van der Waals surface area contributed by atoms with Gasteiger partial charge in [0.25, 0.3) is 0 Å². The van der Waals surface area contributed by atoms with E-state index in [0.717, 1.165) is 15.5 Å². The van der Waals surface area contributed by atoms with Gasteiger partial charge in [0, 0.05) is 11.9 Å². The summed E-state index contributed by atoms with van der Waals surface area (Å²) in [7, 11) is -9.79. The molecule has 1 saturated heterocycles. The van der Waals surface area contributed by atoms with Crippen LogP contribution in [0.25, 0.3) is 10.8 Å². The number of fused-ring (bicyclic) bond motifs is 1. The Kier molecular flexibility index (Phi) is 9.46. The zero-order valence-corrected chi connectivity index (χ0v) is 24.6. The Morgan fingerprint density at radius 1 is 0.929 bits per heavy atom. The molecule has 0 aliphatic carbocycles. The van der Waals surface area contributed by atoms with E-state index in [1.807, 2.05) is 48.5 Å². The number of aromatic nitrogens is 2. The fraction of sp³-hybridized carbons (Fsp3) is 0.259. The Labute approximate surface area is 244 Å². The smallest absolute Gasteiger partial charge is 0.387 e. The largest absolute Gasteiger partial charge is 0.479 e. The van der Waals surface area contributed by atoms with Crippen LogP contribution in [0.4, 0.5) is 0 Å². The van der Waals surface area contributed by atoms with Gasteiger partial charge >= 0.3 is 21.1 Å². The van der Waals surface area contributed by atoms with Crippen molar-refractivity contribution in [2.45, 2.75) is 41.5 Å². The lowest BCUT2D eigenvalue weighted by molar-refractivity contribution is -0.0542. The van der Waals surface area contributed by atoms with E-state index in [9.17, 15) is 33.9 Å². The first-order chi connectivity index (χ1) is 20.0. The Balaban J connectivity index is 1.19. The molecule has 4 aromatic rings. The number of ether oxygens (including phenoxy) is 1. The van der Waals surface area contributed by atoms with Crippen LogP contribution in [0.1, 0.15) is 17.4 Å². The first-order valence-electron chi connectivity index (χ1n) is 12.8. The van der Waals surface area contributed by atoms with Gasteiger partial charge in [-0.1, -0.05) is 72.8 Å². The number of aliphatic hydroxyl groups is 2. The molecule has 0 amide bonds. The highest BCUT2D eigenvalue weighted by molar-refractivity contribution is 7.98. The molecule has 3 aromatic carbocycles. The Morgan fingerprint density at radius 2 is 1.64 bits per heavy atom. The summed E-state index contributed by atoms with van der Waals surface area (Å²) in [6.07, 6.45) is -5.15. The van der Waals surface area contributed by atoms with E-state index >= 15 is 0 Å². The predicted octanol–water partition coefficient (Wildman–Crippen LogP) is 3.83. The van der Waals surface area contributed by atoms with Crippen LogP contribution < -0.4 is 5.69 Å². The quantitative estimate of drug-likeness (QED) is 0.107. The zero-order chi connectivity index (χ0) is 29.9. The number of hydrogen-bond acceptors (Lipinski definition) is 10. The van der Waals surface area contributed by atoms with Crippen LogP contribution in [0.3, 0.4) is 0 Å². The zero-order valence-electron chi connectivity index (χ0n) is 21.9. The Morgan fingerprint density at radius 3 is 2.40 bits per heavy atom. The number of rotatable bonds is 11. The van der Waals surface area contributed by atoms with Gasteiger partial charge in [0.15, 0.2) is 6.23 Å². The van der Waals surface area contributed by atoms with E-state index in [1.54, 1.807) is 30.3 Å². The second-order valence-electron chi connectivity index (χ2n) is 9.56. The molecule has 12 nitrogen and oxygen atoms in total. The third kappa shape index (κ3) is 7.45. The van der Waals surface area contributed by atoms with E-state index < -0.39 is 58.4 Å². The summed E-state index contributed by atoms with van der Waals surface area (Å²) in [4.78, 5) is 37.2. The van der Waals surface area contributed by atoms with Crippen LogP contribution in [0.2, 0.25) is 0 Å². The SMILES string of the molecule is O=c1nc(SCc2ccccc2)ccn1C1OC(COP(=O)(O)OP(=O)(O)Cc2cccc3ccccc23)C(O)C1O. The summed E-state index contributed by atoms with van der Waals surface area (Å²) < 4.78 is 41.3. The van der Waals surface area contributed by atoms with E-state index in [1.165, 1.54) is 18.0 Å². The van der Waals surface area contributed by atoms with Crippen molar-refractivity contribution in [2.24, 2.45) is 0 Å². The lowest BCUT2D eigenvalue weighted by atomic mass is 10.1. The van der Waals surface area contributed by atoms with Gasteiger partial charge in [-0.25, -0.2) is 13.7 Å². The molecule has 5 rings (SSSR count). The first-order valence-corrected chi connectivity index (χ1v) is 17.0. The van der Waals surface area contributed by atoms with E-state index in [-0.39, 0.29) is 0 Å². The van der Waals surface area contributed by atoms with Crippen molar-refractivity contribution in [2.75, 3.05) is 6.61 Å². The summed E-state index contributed by atoms with van der Waals surface area (Å²) in [5.74, 6) is 0.587. The van der Waals surface area contributed by atoms with Gasteiger partial charge in [0.2, 0.25) is 0 Å². The lowest BCUT2D eigenvalue weighted by Gasteiger charge is -2.20. The average molecular weight is 635 g/mol. The molecule has 0 bridgehead atoms. The van der Waals surface area contributed by atoms with Crippen molar-refractivity contribution in [3.8, 4) is 0 Å². The molecule has 2 heterocycles. The summed E-state index contributed by atoms with van der Waals surface area (Å²) in [5.41, 5.74) is 0.741. The molecular weight excluding hydrogens is 606 g/mol. The standard InChI is InChI=1S/C27H28N2O10P2S/c30-24-22(15-37-41(35,36)39-40(33,34)16-20-11-6-10-19-9-4-5-12-21(19)20)38-26(25(24)31)29-14-13-23(28-27(29)32)42-17-18-7-2-1-3-8-18/h1-14,22,24-26,30-31H,15-17H2,(H,33,34)(H,35,36). The van der Waals surface area contributed by atoms with E-state index in [4.69, 9.17) is 9.26 Å². The van der Waals surface area contributed by atoms with Gasteiger partial charge in [-0.05, 0) is 28.0 Å². The van der Waals surface area contributed by atoms with Crippen molar-refractivity contribution >= 4 is 38.0 Å². The van der Waals surface area contributed by atoms with E-state index in [2.05, 4.69) is 9.29 Å². The molecule has 1 aliphatic heterocycles. The highest BCUT2D eigenvalue weighted by Crippen LogP contribution is 2.61. The topological polar surface area (TPSA) is 178 Å². The van der Waals surface area contributed by atoms with Gasteiger partial charge in [-0.3, -0.25) is 13.7 Å². The molecule has 1 aromatic heterocycles. The Bertz CT molecular complexity index is 1700. The number of thioether (sulfide) groups is 1. The van der Waals surface area contributed by atoms with Gasteiger partial charge in [-0.2, -0.15) is 4.98 Å². The molecule has 15 heteroatoms. The van der Waals surface area contributed by atoms with Crippen LogP contribution in [-0.2, 0) is 34.6 Å². The maximum Gasteiger partial charge on any atom is 0.479 e. The summed E-state index contributed by atoms with van der Waals surface area (Å²) in [6, 6.07) is 23.4. The van der Waals surface area contributed by atoms with Crippen molar-refractivity contribution in [1.82, 2.24) is 9.55 Å². The predicted molar refractivity (Wildman–Crippen MR) is 155 cm³/mol. The van der Waals surface area contributed by atoms with Crippen LogP contribution in [0.5, 0.6) is 0 Å². The average Bonchev–Trinajstić information content (AvgIpc) is 3.24. The second kappa shape index (κ2) is 12.9. The van der Waals surface area contributed by atoms with Crippen LogP contribution in [0.15, 0.2) is 94.9 Å². The molecular formula is C27H28N2O10P2S. The van der Waals surface area contributed by atoms with Crippen LogP contribution in [0, 0.1) is 0 Å². The molecule has 0 radical (unpaired) electrons. The Hall–Kier alpha value is -2.67. The third-order valence-corrected chi connectivity index (χ3v) is 10.6. The minimum Gasteiger partial charge on any atom is -0.387 e. The fourth-order valence-corrected chi connectivity index (χ4v) is 8.08. The monoisotopic (exact) mass is 634 g/mol. The van der Waals surface area contributed by atoms with Crippen molar-refractivity contribution in [3.05, 3.63) is 107 Å². The maximum atomic E-state index is 12.7. The highest BCUT2D eigenvalue weighted by atomic mass is 32.2. The first kappa shape index (κ1) is 30.8. The third-order valence-electron chi connectivity index (χ3n) is 6.53. The van der Waals surface area contributed by atoms with Crippen molar-refractivity contribution in [3.63, 3.8) is 0 Å². The molecule has 42 heavy (non-hydrogen) atoms. The van der Waals surface area contributed by atoms with Crippen molar-refractivity contribution in [1.29, 1.82) is 0 Å². The highest BCUT2D eigenvalue weighted by Gasteiger charge is 2.46. The minimum atomic E-state index is -5.12. The molecule has 1 aliphatic rings. The van der Waals surface area contributed by atoms with Gasteiger partial charge in [-0.15, -0.1) is 11.8 Å². The molecule has 0 spiro atoms. The second-order valence-corrected chi connectivity index (χ2v) is 14.0. The van der Waals surface area contributed by atoms with Gasteiger partial charge in [0.05, 0.1) is 12.8 Å². The summed E-state index contributed by atoms with van der Waals surface area (Å²) in [5, 5.41) is 22.9. The molecule has 4 N–H and O–H groups in total. The number of benzene rings is 3. The molecule has 0 saturated carbocycles. The number of nitrogens with zero attached hydrogens (tertiary/aromatic N) is 2. The number of phosphoric acid groups is 1. The summed E-state index contributed by atoms with van der Waals surface area (Å²) in [6.45, 7) is -0.788. The molecule has 6 atom stereocenters. The summed E-state index contributed by atoms with van der Waals surface area (Å²) >= 11 is 1.34. The molecule has 222 valence electrons. The maximum absolute atomic E-state index is 12.7. The number of hydrogen-bond donors (Lipinski definition) is 4. The van der Waals surface area contributed by atoms with Gasteiger partial charge in [0.1, 0.15) is 23.3 Å². The van der Waals surface area contributed by atoms with Crippen molar-refractivity contribution < 1.29 is 42.7 Å². The van der Waals surface area contributed by atoms with E-state index in [0.29, 0.717) is 21.7 Å². The normalized spacial score (nSPS) is 23.4. The van der Waals surface area contributed by atoms with Crippen LogP contribution in [-0.4, -0.2) is 54.5 Å². The fourth-order valence-electron chi connectivity index (χ4n) is 4.53.